The molecule has 2 aliphatic rings. The maximum atomic E-state index is 12.8. The topological polar surface area (TPSA) is 102 Å². The predicted octanol–water partition coefficient (Wildman–Crippen LogP) is 2.51. The van der Waals surface area contributed by atoms with Gasteiger partial charge in [0.1, 0.15) is 5.60 Å². The van der Waals surface area contributed by atoms with Crippen molar-refractivity contribution < 1.29 is 32.2 Å². The monoisotopic (exact) mass is 522 g/mol. The molecule has 2 heterocycles. The maximum absolute atomic E-state index is 12.8. The van der Waals surface area contributed by atoms with Crippen molar-refractivity contribution in [2.45, 2.75) is 30.8 Å². The van der Waals surface area contributed by atoms with E-state index < -0.39 is 28.5 Å². The highest BCUT2D eigenvalue weighted by Crippen LogP contribution is 2.41. The summed E-state index contributed by atoms with van der Waals surface area (Å²) in [7, 11) is -3.67. The minimum absolute atomic E-state index is 0.142. The van der Waals surface area contributed by atoms with Crippen LogP contribution in [0.15, 0.2) is 47.4 Å². The molecule has 2 aromatic rings. The summed E-state index contributed by atoms with van der Waals surface area (Å²) in [6.45, 7) is 3.83. The lowest BCUT2D eigenvalue weighted by Gasteiger charge is -2.33. The van der Waals surface area contributed by atoms with Crippen LogP contribution in [0.25, 0.3) is 0 Å². The molecule has 35 heavy (non-hydrogen) atoms. The SMILES string of the molecule is CC1(C)Cc2cccc(OCC(=O)OCC(=O)N3CCN(S(=O)(=O)c4ccc(Cl)cc4)CC3)c2O1. The Bertz CT molecular complexity index is 1210. The number of benzene rings is 2. The number of hydrogen-bond donors (Lipinski definition) is 0. The summed E-state index contributed by atoms with van der Waals surface area (Å²) < 4.78 is 43.4. The summed E-state index contributed by atoms with van der Waals surface area (Å²) in [5.41, 5.74) is 0.667. The largest absolute Gasteiger partial charge is 0.483 e. The van der Waals surface area contributed by atoms with Crippen LogP contribution in [0.1, 0.15) is 19.4 Å². The third-order valence-corrected chi connectivity index (χ3v) is 7.96. The zero-order valence-corrected chi connectivity index (χ0v) is 21.1. The van der Waals surface area contributed by atoms with Gasteiger partial charge < -0.3 is 19.1 Å². The van der Waals surface area contributed by atoms with Gasteiger partial charge in [-0.3, -0.25) is 4.79 Å². The molecule has 4 rings (SSSR count). The molecule has 2 aromatic carbocycles. The van der Waals surface area contributed by atoms with Gasteiger partial charge >= 0.3 is 5.97 Å². The Balaban J connectivity index is 1.23. The molecular formula is C24H27ClN2O7S. The number of rotatable bonds is 7. The average molecular weight is 523 g/mol. The Labute approximate surface area is 209 Å². The third kappa shape index (κ3) is 5.88. The number of nitrogens with zero attached hydrogens (tertiary/aromatic N) is 2. The van der Waals surface area contributed by atoms with Crippen LogP contribution >= 0.6 is 11.6 Å². The van der Waals surface area contributed by atoms with Gasteiger partial charge in [0.2, 0.25) is 10.0 Å². The van der Waals surface area contributed by atoms with Crippen LogP contribution in [-0.4, -0.2) is 74.5 Å². The van der Waals surface area contributed by atoms with Crippen molar-refractivity contribution in [3.05, 3.63) is 53.1 Å². The van der Waals surface area contributed by atoms with E-state index in [1.165, 1.54) is 33.5 Å². The molecule has 11 heteroatoms. The molecule has 0 radical (unpaired) electrons. The van der Waals surface area contributed by atoms with Crippen molar-refractivity contribution in [2.75, 3.05) is 39.4 Å². The average Bonchev–Trinajstić information content (AvgIpc) is 3.16. The summed E-state index contributed by atoms with van der Waals surface area (Å²) in [6, 6.07) is 11.4. The highest BCUT2D eigenvalue weighted by Gasteiger charge is 2.33. The number of halogens is 1. The fourth-order valence-electron chi connectivity index (χ4n) is 4.05. The first kappa shape index (κ1) is 25.3. The van der Waals surface area contributed by atoms with Gasteiger partial charge in [-0.25, -0.2) is 13.2 Å². The first-order valence-electron chi connectivity index (χ1n) is 11.2. The van der Waals surface area contributed by atoms with E-state index in [1.54, 1.807) is 6.07 Å². The van der Waals surface area contributed by atoms with Gasteiger partial charge in [-0.05, 0) is 44.2 Å². The van der Waals surface area contributed by atoms with Gasteiger partial charge in [0, 0.05) is 43.2 Å². The van der Waals surface area contributed by atoms with Gasteiger partial charge in [0.15, 0.2) is 24.7 Å². The van der Waals surface area contributed by atoms with Gasteiger partial charge in [-0.1, -0.05) is 23.7 Å². The number of sulfonamides is 1. The highest BCUT2D eigenvalue weighted by atomic mass is 35.5. The number of carbonyl (C=O) groups is 2. The summed E-state index contributed by atoms with van der Waals surface area (Å²) >= 11 is 5.83. The second-order valence-corrected chi connectivity index (χ2v) is 11.3. The first-order valence-corrected chi connectivity index (χ1v) is 13.0. The molecule has 0 aliphatic carbocycles. The minimum atomic E-state index is -3.67. The van der Waals surface area contributed by atoms with E-state index in [9.17, 15) is 18.0 Å². The number of hydrogen-bond acceptors (Lipinski definition) is 7. The zero-order chi connectivity index (χ0) is 25.2. The first-order chi connectivity index (χ1) is 16.5. The van der Waals surface area contributed by atoms with Crippen LogP contribution in [-0.2, 0) is 30.8 Å². The number of amides is 1. The van der Waals surface area contributed by atoms with Crippen molar-refractivity contribution in [2.24, 2.45) is 0 Å². The third-order valence-electron chi connectivity index (χ3n) is 5.80. The molecule has 0 aromatic heterocycles. The molecule has 188 valence electrons. The van der Waals surface area contributed by atoms with E-state index in [4.69, 9.17) is 25.8 Å². The van der Waals surface area contributed by atoms with Crippen LogP contribution in [0.4, 0.5) is 0 Å². The van der Waals surface area contributed by atoms with Crippen molar-refractivity contribution >= 4 is 33.5 Å². The predicted molar refractivity (Wildman–Crippen MR) is 128 cm³/mol. The number of para-hydroxylation sites is 1. The number of ether oxygens (including phenoxy) is 3. The Hall–Kier alpha value is -2.82. The standard InChI is InChI=1S/C24H27ClN2O7S/c1-24(2)14-17-4-3-5-20(23(17)34-24)32-16-22(29)33-15-21(28)26-10-12-27(13-11-26)35(30,31)19-8-6-18(25)7-9-19/h3-9H,10-16H2,1-2H3. The quantitative estimate of drug-likeness (QED) is 0.515. The van der Waals surface area contributed by atoms with Crippen LogP contribution in [0.2, 0.25) is 5.02 Å². The summed E-state index contributed by atoms with van der Waals surface area (Å²) in [6.07, 6.45) is 0.743. The van der Waals surface area contributed by atoms with Crippen LogP contribution < -0.4 is 9.47 Å². The zero-order valence-electron chi connectivity index (χ0n) is 19.5. The van der Waals surface area contributed by atoms with Gasteiger partial charge in [0.25, 0.3) is 5.91 Å². The molecule has 1 saturated heterocycles. The van der Waals surface area contributed by atoms with Crippen LogP contribution in [0.5, 0.6) is 11.5 Å². The molecule has 1 amide bonds. The number of esters is 1. The molecule has 0 spiro atoms. The fourth-order valence-corrected chi connectivity index (χ4v) is 5.59. The molecule has 2 aliphatic heterocycles. The molecule has 0 unspecified atom stereocenters. The van der Waals surface area contributed by atoms with E-state index in [2.05, 4.69) is 0 Å². The number of fused-ring (bicyclic) bond motifs is 1. The Kier molecular flexibility index (Phi) is 7.25. The van der Waals surface area contributed by atoms with Crippen LogP contribution in [0.3, 0.4) is 0 Å². The fraction of sp³-hybridized carbons (Fsp3) is 0.417. The molecule has 0 saturated carbocycles. The lowest BCUT2D eigenvalue weighted by molar-refractivity contribution is -0.154. The van der Waals surface area contributed by atoms with E-state index in [-0.39, 0.29) is 43.3 Å². The second kappa shape index (κ2) is 10.0. The molecule has 9 nitrogen and oxygen atoms in total. The van der Waals surface area contributed by atoms with Crippen LogP contribution in [0, 0.1) is 0 Å². The second-order valence-electron chi connectivity index (χ2n) is 8.97. The van der Waals surface area contributed by atoms with Gasteiger partial charge in [-0.15, -0.1) is 0 Å². The lowest BCUT2D eigenvalue weighted by atomic mass is 10.0. The molecule has 0 N–H and O–H groups in total. The smallest absolute Gasteiger partial charge is 0.344 e. The van der Waals surface area contributed by atoms with Crippen molar-refractivity contribution in [3.8, 4) is 11.5 Å². The van der Waals surface area contributed by atoms with Gasteiger partial charge in [0.05, 0.1) is 4.90 Å². The summed E-state index contributed by atoms with van der Waals surface area (Å²) in [5.74, 6) is -0.00749. The van der Waals surface area contributed by atoms with Crippen molar-refractivity contribution in [3.63, 3.8) is 0 Å². The Morgan fingerprint density at radius 3 is 2.40 bits per heavy atom. The van der Waals surface area contributed by atoms with Gasteiger partial charge in [-0.2, -0.15) is 4.31 Å². The molecular weight excluding hydrogens is 496 g/mol. The number of carbonyl (C=O) groups excluding carboxylic acids is 2. The van der Waals surface area contributed by atoms with Crippen molar-refractivity contribution in [1.29, 1.82) is 0 Å². The van der Waals surface area contributed by atoms with E-state index in [1.807, 2.05) is 26.0 Å². The van der Waals surface area contributed by atoms with Crippen molar-refractivity contribution in [1.82, 2.24) is 9.21 Å². The molecule has 1 fully saturated rings. The molecule has 0 atom stereocenters. The summed E-state index contributed by atoms with van der Waals surface area (Å²) in [4.78, 5) is 26.2. The number of piperazine rings is 1. The normalized spacial score (nSPS) is 17.4. The Morgan fingerprint density at radius 2 is 1.71 bits per heavy atom. The van der Waals surface area contributed by atoms with E-state index in [0.29, 0.717) is 16.5 Å². The summed E-state index contributed by atoms with van der Waals surface area (Å²) in [5, 5.41) is 0.448. The maximum Gasteiger partial charge on any atom is 0.344 e. The Morgan fingerprint density at radius 1 is 1.03 bits per heavy atom. The van der Waals surface area contributed by atoms with E-state index in [0.717, 1.165) is 12.0 Å². The molecule has 0 bridgehead atoms. The van der Waals surface area contributed by atoms with E-state index >= 15 is 0 Å². The minimum Gasteiger partial charge on any atom is -0.483 e. The highest BCUT2D eigenvalue weighted by molar-refractivity contribution is 7.89. The lowest BCUT2D eigenvalue weighted by Crippen LogP contribution is -2.51.